The second-order valence-electron chi connectivity index (χ2n) is 5.99. The molecular weight excluding hydrogens is 316 g/mol. The van der Waals surface area contributed by atoms with Crippen molar-refractivity contribution >= 4 is 15.9 Å². The van der Waals surface area contributed by atoms with Gasteiger partial charge in [0.1, 0.15) is 0 Å². The Morgan fingerprint density at radius 1 is 1.45 bits per heavy atom. The van der Waals surface area contributed by atoms with E-state index in [1.165, 1.54) is 31.4 Å². The van der Waals surface area contributed by atoms with Crippen LogP contribution in [0.4, 0.5) is 0 Å². The summed E-state index contributed by atoms with van der Waals surface area (Å²) in [6.07, 6.45) is 6.20. The van der Waals surface area contributed by atoms with E-state index in [9.17, 15) is 0 Å². The average Bonchev–Trinajstić information content (AvgIpc) is 3.03. The smallest absolute Gasteiger partial charge is 0.0738 e. The minimum absolute atomic E-state index is 0.351. The second kappa shape index (κ2) is 7.05. The Morgan fingerprint density at radius 3 is 2.75 bits per heavy atom. The molecule has 0 saturated heterocycles. The zero-order chi connectivity index (χ0) is 14.7. The van der Waals surface area contributed by atoms with Crippen LogP contribution in [0.2, 0.25) is 0 Å². The van der Waals surface area contributed by atoms with Crippen molar-refractivity contribution in [3.63, 3.8) is 0 Å². The van der Waals surface area contributed by atoms with Gasteiger partial charge in [-0.1, -0.05) is 19.8 Å². The van der Waals surface area contributed by atoms with Gasteiger partial charge >= 0.3 is 0 Å². The average molecular weight is 343 g/mol. The summed E-state index contributed by atoms with van der Waals surface area (Å²) in [4.78, 5) is 0. The van der Waals surface area contributed by atoms with E-state index >= 15 is 0 Å². The van der Waals surface area contributed by atoms with Crippen LogP contribution >= 0.6 is 15.9 Å². The summed E-state index contributed by atoms with van der Waals surface area (Å²) in [7, 11) is 0. The fourth-order valence-corrected chi connectivity index (χ4v) is 3.93. The molecule has 114 valence electrons. The number of halogens is 1. The molecule has 1 heterocycles. The normalized spacial score (nSPS) is 24.2. The number of aromatic nitrogens is 2. The molecule has 3 atom stereocenters. The van der Waals surface area contributed by atoms with E-state index in [1.807, 2.05) is 6.92 Å². The maximum atomic E-state index is 5.84. The molecule has 0 aromatic carbocycles. The Labute approximate surface area is 130 Å². The maximum Gasteiger partial charge on any atom is 0.0738 e. The number of hydrazine groups is 1. The summed E-state index contributed by atoms with van der Waals surface area (Å²) in [5, 5.41) is 4.57. The van der Waals surface area contributed by atoms with Gasteiger partial charge in [-0.3, -0.25) is 16.0 Å². The molecule has 0 spiro atoms. The summed E-state index contributed by atoms with van der Waals surface area (Å²) in [6.45, 7) is 7.38. The Morgan fingerprint density at radius 2 is 2.20 bits per heavy atom. The predicted octanol–water partition coefficient (Wildman–Crippen LogP) is 3.17. The van der Waals surface area contributed by atoms with E-state index in [0.29, 0.717) is 12.0 Å². The van der Waals surface area contributed by atoms with Crippen molar-refractivity contribution in [1.29, 1.82) is 0 Å². The molecule has 0 aliphatic heterocycles. The Kier molecular flexibility index (Phi) is 5.64. The highest BCUT2D eigenvalue weighted by molar-refractivity contribution is 9.10. The van der Waals surface area contributed by atoms with Crippen LogP contribution in [0, 0.1) is 18.8 Å². The number of hydrogen-bond donors (Lipinski definition) is 2. The molecule has 2 rings (SSSR count). The van der Waals surface area contributed by atoms with Crippen molar-refractivity contribution < 1.29 is 0 Å². The van der Waals surface area contributed by atoms with Gasteiger partial charge in [0.2, 0.25) is 0 Å². The maximum absolute atomic E-state index is 5.84. The van der Waals surface area contributed by atoms with E-state index in [1.54, 1.807) is 0 Å². The van der Waals surface area contributed by atoms with Gasteiger partial charge in [0.25, 0.3) is 0 Å². The lowest BCUT2D eigenvalue weighted by Crippen LogP contribution is -2.42. The molecule has 1 aliphatic rings. The van der Waals surface area contributed by atoms with Gasteiger partial charge < -0.3 is 0 Å². The monoisotopic (exact) mass is 342 g/mol. The Balaban J connectivity index is 2.11. The lowest BCUT2D eigenvalue weighted by atomic mass is 9.93. The minimum Gasteiger partial charge on any atom is -0.271 e. The fraction of sp³-hybridized carbons (Fsp3) is 0.800. The molecule has 1 aromatic rings. The third-order valence-corrected chi connectivity index (χ3v) is 5.84. The highest BCUT2D eigenvalue weighted by Crippen LogP contribution is 2.36. The van der Waals surface area contributed by atoms with E-state index < -0.39 is 0 Å². The standard InChI is InChI=1S/C15H27BrN4/c1-4-11-6-7-12(8-11)13(18-17)9-14-15(16)10(3)19-20(14)5-2/h11-13,18H,4-9,17H2,1-3H3. The summed E-state index contributed by atoms with van der Waals surface area (Å²) in [6, 6.07) is 0.351. The summed E-state index contributed by atoms with van der Waals surface area (Å²) >= 11 is 3.68. The van der Waals surface area contributed by atoms with E-state index in [4.69, 9.17) is 5.84 Å². The topological polar surface area (TPSA) is 55.9 Å². The van der Waals surface area contributed by atoms with Crippen molar-refractivity contribution in [3.8, 4) is 0 Å². The molecule has 5 heteroatoms. The van der Waals surface area contributed by atoms with Crippen molar-refractivity contribution in [2.75, 3.05) is 0 Å². The fourth-order valence-electron chi connectivity index (χ4n) is 3.48. The summed E-state index contributed by atoms with van der Waals surface area (Å²) in [5.41, 5.74) is 5.40. The third-order valence-electron chi connectivity index (χ3n) is 4.81. The van der Waals surface area contributed by atoms with Gasteiger partial charge in [0.15, 0.2) is 0 Å². The first-order valence-electron chi connectivity index (χ1n) is 7.78. The van der Waals surface area contributed by atoms with E-state index in [0.717, 1.165) is 29.1 Å². The van der Waals surface area contributed by atoms with Crippen LogP contribution in [0.5, 0.6) is 0 Å². The van der Waals surface area contributed by atoms with Crippen LogP contribution < -0.4 is 11.3 Å². The van der Waals surface area contributed by atoms with Crippen LogP contribution in [-0.2, 0) is 13.0 Å². The highest BCUT2D eigenvalue weighted by atomic mass is 79.9. The van der Waals surface area contributed by atoms with Crippen molar-refractivity contribution in [2.24, 2.45) is 17.7 Å². The van der Waals surface area contributed by atoms with Crippen molar-refractivity contribution in [1.82, 2.24) is 15.2 Å². The van der Waals surface area contributed by atoms with Crippen LogP contribution in [0.3, 0.4) is 0 Å². The lowest BCUT2D eigenvalue weighted by molar-refractivity contribution is 0.341. The SMILES string of the molecule is CCC1CCC(C(Cc2c(Br)c(C)nn2CC)NN)C1. The number of hydrogen-bond acceptors (Lipinski definition) is 3. The summed E-state index contributed by atoms with van der Waals surface area (Å²) < 4.78 is 3.24. The zero-order valence-corrected chi connectivity index (χ0v) is 14.4. The van der Waals surface area contributed by atoms with Crippen molar-refractivity contribution in [2.45, 2.75) is 65.5 Å². The Bertz CT molecular complexity index is 443. The molecule has 3 N–H and O–H groups in total. The molecule has 0 amide bonds. The number of aryl methyl sites for hydroxylation is 2. The van der Waals surface area contributed by atoms with Crippen molar-refractivity contribution in [3.05, 3.63) is 15.9 Å². The van der Waals surface area contributed by atoms with Gasteiger partial charge in [0.05, 0.1) is 15.9 Å². The second-order valence-corrected chi connectivity index (χ2v) is 6.78. The number of rotatable bonds is 6. The van der Waals surface area contributed by atoms with Crippen LogP contribution in [0.1, 0.15) is 50.9 Å². The molecule has 1 fully saturated rings. The molecule has 0 bridgehead atoms. The first-order valence-corrected chi connectivity index (χ1v) is 8.57. The molecule has 0 radical (unpaired) electrons. The van der Waals surface area contributed by atoms with Crippen LogP contribution in [0.15, 0.2) is 4.47 Å². The molecule has 1 aliphatic carbocycles. The van der Waals surface area contributed by atoms with Gasteiger partial charge in [0, 0.05) is 19.0 Å². The van der Waals surface area contributed by atoms with E-state index in [-0.39, 0.29) is 0 Å². The van der Waals surface area contributed by atoms with Gasteiger partial charge in [-0.25, -0.2) is 0 Å². The third kappa shape index (κ3) is 3.26. The quantitative estimate of drug-likeness (QED) is 0.616. The molecule has 20 heavy (non-hydrogen) atoms. The highest BCUT2D eigenvalue weighted by Gasteiger charge is 2.30. The van der Waals surface area contributed by atoms with Crippen LogP contribution in [-0.4, -0.2) is 15.8 Å². The molecule has 3 unspecified atom stereocenters. The Hall–Kier alpha value is -0.390. The lowest BCUT2D eigenvalue weighted by Gasteiger charge is -2.23. The number of nitrogens with zero attached hydrogens (tertiary/aromatic N) is 2. The molecule has 1 saturated carbocycles. The summed E-state index contributed by atoms with van der Waals surface area (Å²) in [5.74, 6) is 7.42. The number of nitrogens with one attached hydrogen (secondary N) is 1. The number of nitrogens with two attached hydrogens (primary N) is 1. The predicted molar refractivity (Wildman–Crippen MR) is 86.3 cm³/mol. The van der Waals surface area contributed by atoms with Crippen LogP contribution in [0.25, 0.3) is 0 Å². The van der Waals surface area contributed by atoms with Gasteiger partial charge in [-0.05, 0) is 54.5 Å². The van der Waals surface area contributed by atoms with Gasteiger partial charge in [-0.15, -0.1) is 0 Å². The minimum atomic E-state index is 0.351. The molecule has 4 nitrogen and oxygen atoms in total. The first kappa shape index (κ1) is 16.0. The van der Waals surface area contributed by atoms with Gasteiger partial charge in [-0.2, -0.15) is 5.10 Å². The first-order chi connectivity index (χ1) is 9.60. The largest absolute Gasteiger partial charge is 0.271 e. The van der Waals surface area contributed by atoms with E-state index in [2.05, 4.69) is 45.0 Å². The molecule has 1 aromatic heterocycles. The zero-order valence-electron chi connectivity index (χ0n) is 12.8. The molecular formula is C15H27BrN4.